The lowest BCUT2D eigenvalue weighted by Crippen LogP contribution is -2.22. The van der Waals surface area contributed by atoms with Gasteiger partial charge in [-0.15, -0.1) is 24.0 Å². The molecule has 0 radical (unpaired) electrons. The highest BCUT2D eigenvalue weighted by atomic mass is 127. The molecule has 0 saturated heterocycles. The Morgan fingerprint density at radius 3 is 2.69 bits per heavy atom. The number of halogens is 1. The van der Waals surface area contributed by atoms with Crippen molar-refractivity contribution in [2.24, 2.45) is 10.7 Å². The van der Waals surface area contributed by atoms with E-state index in [1.54, 1.807) is 11.0 Å². The molecular weight excluding hydrogens is 483 g/mol. The molecule has 0 bridgehead atoms. The predicted molar refractivity (Wildman–Crippen MR) is 122 cm³/mol. The first-order valence-electron chi connectivity index (χ1n) is 9.14. The Morgan fingerprint density at radius 2 is 1.90 bits per heavy atom. The number of hydrogen-bond acceptors (Lipinski definition) is 5. The number of fused-ring (bicyclic) bond motifs is 1. The molecule has 1 aliphatic heterocycles. The molecule has 0 amide bonds. The van der Waals surface area contributed by atoms with Gasteiger partial charge in [-0.1, -0.05) is 24.3 Å². The van der Waals surface area contributed by atoms with Crippen LogP contribution in [0.2, 0.25) is 0 Å². The Kier molecular flexibility index (Phi) is 7.28. The van der Waals surface area contributed by atoms with Crippen molar-refractivity contribution in [3.05, 3.63) is 66.2 Å². The first-order valence-corrected chi connectivity index (χ1v) is 9.14. The lowest BCUT2D eigenvalue weighted by atomic mass is 10.1. The van der Waals surface area contributed by atoms with Crippen LogP contribution in [-0.2, 0) is 13.1 Å². The van der Waals surface area contributed by atoms with Gasteiger partial charge >= 0.3 is 0 Å². The van der Waals surface area contributed by atoms with E-state index in [-0.39, 0.29) is 24.0 Å². The molecule has 2 heterocycles. The quantitative estimate of drug-likeness (QED) is 0.314. The van der Waals surface area contributed by atoms with Crippen LogP contribution < -0.4 is 20.5 Å². The maximum Gasteiger partial charge on any atom is 0.193 e. The van der Waals surface area contributed by atoms with E-state index in [2.05, 4.69) is 26.5 Å². The molecule has 0 fully saturated rings. The number of anilines is 1. The second-order valence-electron chi connectivity index (χ2n) is 6.40. The molecule has 9 heteroatoms. The van der Waals surface area contributed by atoms with E-state index in [4.69, 9.17) is 15.2 Å². The van der Waals surface area contributed by atoms with Crippen molar-refractivity contribution in [3.8, 4) is 11.5 Å². The van der Waals surface area contributed by atoms with E-state index in [0.717, 1.165) is 29.0 Å². The molecule has 0 unspecified atom stereocenters. The largest absolute Gasteiger partial charge is 0.490 e. The van der Waals surface area contributed by atoms with Gasteiger partial charge in [-0.25, -0.2) is 14.7 Å². The van der Waals surface area contributed by atoms with Gasteiger partial charge in [0.05, 0.1) is 26.3 Å². The highest BCUT2D eigenvalue weighted by molar-refractivity contribution is 14.0. The third kappa shape index (κ3) is 5.59. The van der Waals surface area contributed by atoms with Crippen LogP contribution in [0.25, 0.3) is 0 Å². The number of hydrogen-bond donors (Lipinski definition) is 2. The number of guanidine groups is 1. The van der Waals surface area contributed by atoms with Crippen molar-refractivity contribution < 1.29 is 9.47 Å². The lowest BCUT2D eigenvalue weighted by Gasteiger charge is -2.11. The van der Waals surface area contributed by atoms with Gasteiger partial charge < -0.3 is 20.5 Å². The maximum atomic E-state index is 6.09. The van der Waals surface area contributed by atoms with Gasteiger partial charge in [-0.05, 0) is 23.3 Å². The average Bonchev–Trinajstić information content (AvgIpc) is 3.10. The maximum absolute atomic E-state index is 6.09. The minimum atomic E-state index is 0. The zero-order valence-corrected chi connectivity index (χ0v) is 18.2. The zero-order valence-electron chi connectivity index (χ0n) is 15.8. The summed E-state index contributed by atoms with van der Waals surface area (Å²) in [5.41, 5.74) is 9.10. The lowest BCUT2D eigenvalue weighted by molar-refractivity contribution is 0.297. The Bertz CT molecular complexity index is 961. The standard InChI is InChI=1S/C20H22N6O2.HI/c21-20(25-17-6-7-18-19(10-17)28-9-3-8-27-18)23-11-15-4-1-2-5-16(15)12-26-14-22-13-24-26;/h1-2,4-7,10,13-14H,3,8-9,11-12H2,(H3,21,23,25);1H. The molecule has 152 valence electrons. The molecule has 0 atom stereocenters. The van der Waals surface area contributed by atoms with Gasteiger partial charge in [0.15, 0.2) is 17.5 Å². The van der Waals surface area contributed by atoms with E-state index in [1.165, 1.54) is 6.33 Å². The Balaban J connectivity index is 0.00000240. The summed E-state index contributed by atoms with van der Waals surface area (Å²) in [6.45, 7) is 2.41. The van der Waals surface area contributed by atoms with Crippen molar-refractivity contribution in [3.63, 3.8) is 0 Å². The van der Waals surface area contributed by atoms with Crippen molar-refractivity contribution in [2.75, 3.05) is 18.5 Å². The Morgan fingerprint density at radius 1 is 1.10 bits per heavy atom. The average molecular weight is 506 g/mol. The molecule has 0 saturated carbocycles. The van der Waals surface area contributed by atoms with Crippen LogP contribution in [0.1, 0.15) is 17.5 Å². The molecule has 2 aromatic carbocycles. The van der Waals surface area contributed by atoms with Gasteiger partial charge in [0.1, 0.15) is 12.7 Å². The topological polar surface area (TPSA) is 99.6 Å². The third-order valence-corrected chi connectivity index (χ3v) is 4.36. The van der Waals surface area contributed by atoms with Gasteiger partial charge in [0, 0.05) is 18.2 Å². The normalized spacial score (nSPS) is 13.3. The summed E-state index contributed by atoms with van der Waals surface area (Å²) in [5, 5.41) is 7.27. The second kappa shape index (κ2) is 10.1. The van der Waals surface area contributed by atoms with Crippen LogP contribution in [0, 0.1) is 0 Å². The van der Waals surface area contributed by atoms with Crippen LogP contribution in [0.3, 0.4) is 0 Å². The fraction of sp³-hybridized carbons (Fsp3) is 0.250. The summed E-state index contributed by atoms with van der Waals surface area (Å²) in [4.78, 5) is 8.46. The molecule has 0 spiro atoms. The summed E-state index contributed by atoms with van der Waals surface area (Å²) >= 11 is 0. The van der Waals surface area contributed by atoms with Gasteiger partial charge in [-0.3, -0.25) is 0 Å². The highest BCUT2D eigenvalue weighted by Crippen LogP contribution is 2.32. The first-order chi connectivity index (χ1) is 13.8. The number of aliphatic imine (C=N–C) groups is 1. The molecule has 1 aromatic heterocycles. The Labute approximate surface area is 186 Å². The van der Waals surface area contributed by atoms with Gasteiger partial charge in [-0.2, -0.15) is 5.10 Å². The van der Waals surface area contributed by atoms with Crippen molar-refractivity contribution in [2.45, 2.75) is 19.5 Å². The number of nitrogens with zero attached hydrogens (tertiary/aromatic N) is 4. The molecule has 1 aliphatic rings. The van der Waals surface area contributed by atoms with Crippen LogP contribution in [0.5, 0.6) is 11.5 Å². The van der Waals surface area contributed by atoms with Crippen LogP contribution >= 0.6 is 24.0 Å². The number of aromatic nitrogens is 3. The minimum absolute atomic E-state index is 0. The second-order valence-corrected chi connectivity index (χ2v) is 6.40. The van der Waals surface area contributed by atoms with Crippen LogP contribution in [0.15, 0.2) is 60.1 Å². The third-order valence-electron chi connectivity index (χ3n) is 4.36. The van der Waals surface area contributed by atoms with Crippen LogP contribution in [0.4, 0.5) is 5.69 Å². The predicted octanol–water partition coefficient (Wildman–Crippen LogP) is 3.03. The number of ether oxygens (including phenoxy) is 2. The molecule has 3 N–H and O–H groups in total. The number of nitrogens with one attached hydrogen (secondary N) is 1. The summed E-state index contributed by atoms with van der Waals surface area (Å²) in [6, 6.07) is 13.7. The van der Waals surface area contributed by atoms with Crippen LogP contribution in [-0.4, -0.2) is 33.9 Å². The zero-order chi connectivity index (χ0) is 19.2. The molecule has 3 aromatic rings. The van der Waals surface area contributed by atoms with Gasteiger partial charge in [0.25, 0.3) is 0 Å². The van der Waals surface area contributed by atoms with E-state index in [1.807, 2.05) is 36.4 Å². The molecule has 4 rings (SSSR count). The summed E-state index contributed by atoms with van der Waals surface area (Å²) < 4.78 is 13.1. The SMILES string of the molecule is I.NC(=NCc1ccccc1Cn1cncn1)Nc1ccc2c(c1)OCCCO2. The van der Waals surface area contributed by atoms with Crippen molar-refractivity contribution >= 4 is 35.6 Å². The van der Waals surface area contributed by atoms with E-state index >= 15 is 0 Å². The number of benzene rings is 2. The van der Waals surface area contributed by atoms with E-state index < -0.39 is 0 Å². The summed E-state index contributed by atoms with van der Waals surface area (Å²) in [5.74, 6) is 1.80. The fourth-order valence-electron chi connectivity index (χ4n) is 2.95. The van der Waals surface area contributed by atoms with Crippen molar-refractivity contribution in [1.82, 2.24) is 14.8 Å². The minimum Gasteiger partial charge on any atom is -0.490 e. The molecule has 8 nitrogen and oxygen atoms in total. The monoisotopic (exact) mass is 506 g/mol. The fourth-order valence-corrected chi connectivity index (χ4v) is 2.95. The molecular formula is C20H23IN6O2. The van der Waals surface area contributed by atoms with E-state index in [0.29, 0.717) is 38.0 Å². The molecule has 29 heavy (non-hydrogen) atoms. The van der Waals surface area contributed by atoms with Crippen molar-refractivity contribution in [1.29, 1.82) is 0 Å². The number of rotatable bonds is 5. The van der Waals surface area contributed by atoms with E-state index in [9.17, 15) is 0 Å². The Hall–Kier alpha value is -2.82. The summed E-state index contributed by atoms with van der Waals surface area (Å²) in [7, 11) is 0. The first kappa shape index (κ1) is 20.9. The number of nitrogens with two attached hydrogens (primary N) is 1. The molecule has 0 aliphatic carbocycles. The summed E-state index contributed by atoms with van der Waals surface area (Å²) in [6.07, 6.45) is 4.09. The highest BCUT2D eigenvalue weighted by Gasteiger charge is 2.11. The smallest absolute Gasteiger partial charge is 0.193 e. The van der Waals surface area contributed by atoms with Gasteiger partial charge in [0.2, 0.25) is 0 Å².